The first kappa shape index (κ1) is 12.7. The Bertz CT molecular complexity index is 901. The number of thioether (sulfide) groups is 1. The number of hydrogen-bond acceptors (Lipinski definition) is 5. The fourth-order valence-electron chi connectivity index (χ4n) is 2.00. The van der Waals surface area contributed by atoms with Crippen LogP contribution in [0.1, 0.15) is 10.6 Å². The molecule has 20 heavy (non-hydrogen) atoms. The van der Waals surface area contributed by atoms with E-state index in [0.717, 1.165) is 11.0 Å². The van der Waals surface area contributed by atoms with Crippen molar-refractivity contribution in [2.24, 2.45) is 0 Å². The highest BCUT2D eigenvalue weighted by atomic mass is 32.2. The van der Waals surface area contributed by atoms with Crippen LogP contribution in [0.5, 0.6) is 0 Å². The summed E-state index contributed by atoms with van der Waals surface area (Å²) in [5.41, 5.74) is 0.504. The zero-order valence-electron chi connectivity index (χ0n) is 10.4. The van der Waals surface area contributed by atoms with Crippen molar-refractivity contribution >= 4 is 39.6 Å². The SMILES string of the molecule is CSc1ccc2ncc3c(=O)cc(C(=O)O)oc3c2c1. The van der Waals surface area contributed by atoms with Gasteiger partial charge in [0.05, 0.1) is 10.9 Å². The first-order chi connectivity index (χ1) is 9.60. The van der Waals surface area contributed by atoms with Crippen LogP contribution in [0.2, 0.25) is 0 Å². The standard InChI is InChI=1S/C14H9NO4S/c1-20-7-2-3-10-8(4-7)13-9(6-15-10)11(16)5-12(19-13)14(17)18/h2-6H,1H3,(H,17,18). The minimum atomic E-state index is -1.27. The molecule has 3 rings (SSSR count). The average Bonchev–Trinajstić information content (AvgIpc) is 2.46. The summed E-state index contributed by atoms with van der Waals surface area (Å²) in [5, 5.41) is 9.90. The van der Waals surface area contributed by atoms with E-state index in [0.29, 0.717) is 10.9 Å². The summed E-state index contributed by atoms with van der Waals surface area (Å²) in [6.45, 7) is 0. The highest BCUT2D eigenvalue weighted by Gasteiger charge is 2.13. The molecular formula is C14H9NO4S. The van der Waals surface area contributed by atoms with Gasteiger partial charge in [-0.1, -0.05) is 0 Å². The Labute approximate surface area is 117 Å². The summed E-state index contributed by atoms with van der Waals surface area (Å²) < 4.78 is 5.37. The maximum absolute atomic E-state index is 11.9. The molecule has 100 valence electrons. The van der Waals surface area contributed by atoms with Crippen LogP contribution < -0.4 is 5.43 Å². The molecule has 0 amide bonds. The van der Waals surface area contributed by atoms with E-state index in [4.69, 9.17) is 9.52 Å². The van der Waals surface area contributed by atoms with Gasteiger partial charge in [-0.25, -0.2) is 4.79 Å². The maximum atomic E-state index is 11.9. The Kier molecular flexibility index (Phi) is 2.94. The quantitative estimate of drug-likeness (QED) is 0.576. The van der Waals surface area contributed by atoms with Crippen LogP contribution in [-0.4, -0.2) is 22.3 Å². The van der Waals surface area contributed by atoms with Crippen molar-refractivity contribution in [1.29, 1.82) is 0 Å². The number of hydrogen-bond donors (Lipinski definition) is 1. The molecule has 2 aromatic heterocycles. The molecule has 0 fully saturated rings. The van der Waals surface area contributed by atoms with Gasteiger partial charge in [0.2, 0.25) is 5.76 Å². The molecule has 6 heteroatoms. The van der Waals surface area contributed by atoms with E-state index in [2.05, 4.69) is 4.98 Å². The third kappa shape index (κ3) is 1.94. The molecule has 0 saturated carbocycles. The minimum Gasteiger partial charge on any atom is -0.475 e. The largest absolute Gasteiger partial charge is 0.475 e. The lowest BCUT2D eigenvalue weighted by Crippen LogP contribution is -2.06. The molecule has 1 N–H and O–H groups in total. The number of nitrogens with zero attached hydrogens (tertiary/aromatic N) is 1. The number of carbonyl (C=O) groups is 1. The summed E-state index contributed by atoms with van der Waals surface area (Å²) in [4.78, 5) is 28.1. The molecular weight excluding hydrogens is 278 g/mol. The highest BCUT2D eigenvalue weighted by Crippen LogP contribution is 2.26. The van der Waals surface area contributed by atoms with Crippen LogP contribution in [-0.2, 0) is 0 Å². The van der Waals surface area contributed by atoms with Crippen LogP contribution in [0.3, 0.4) is 0 Å². The van der Waals surface area contributed by atoms with Crippen molar-refractivity contribution < 1.29 is 14.3 Å². The lowest BCUT2D eigenvalue weighted by Gasteiger charge is -2.04. The van der Waals surface area contributed by atoms with E-state index in [1.165, 1.54) is 6.20 Å². The molecule has 0 atom stereocenters. The molecule has 2 heterocycles. The van der Waals surface area contributed by atoms with Gasteiger partial charge in [0.25, 0.3) is 0 Å². The summed E-state index contributed by atoms with van der Waals surface area (Å²) in [6.07, 6.45) is 3.34. The molecule has 0 aliphatic carbocycles. The third-order valence-corrected chi connectivity index (χ3v) is 3.70. The van der Waals surface area contributed by atoms with Gasteiger partial charge in [-0.2, -0.15) is 0 Å². The van der Waals surface area contributed by atoms with Crippen molar-refractivity contribution in [3.8, 4) is 0 Å². The Hall–Kier alpha value is -2.34. The Morgan fingerprint density at radius 2 is 2.10 bits per heavy atom. The van der Waals surface area contributed by atoms with E-state index in [-0.39, 0.29) is 16.7 Å². The van der Waals surface area contributed by atoms with Crippen LogP contribution in [0.15, 0.2) is 44.6 Å². The van der Waals surface area contributed by atoms with E-state index in [1.54, 1.807) is 11.8 Å². The lowest BCUT2D eigenvalue weighted by atomic mass is 10.1. The second-order valence-electron chi connectivity index (χ2n) is 4.16. The van der Waals surface area contributed by atoms with Crippen molar-refractivity contribution in [2.75, 3.05) is 6.26 Å². The molecule has 0 bridgehead atoms. The molecule has 0 unspecified atom stereocenters. The van der Waals surface area contributed by atoms with Crippen LogP contribution in [0.4, 0.5) is 0 Å². The Morgan fingerprint density at radius 3 is 2.80 bits per heavy atom. The fraction of sp³-hybridized carbons (Fsp3) is 0.0714. The van der Waals surface area contributed by atoms with Gasteiger partial charge >= 0.3 is 5.97 Å². The Morgan fingerprint density at radius 1 is 1.30 bits per heavy atom. The smallest absolute Gasteiger partial charge is 0.371 e. The summed E-state index contributed by atoms with van der Waals surface area (Å²) >= 11 is 1.54. The monoisotopic (exact) mass is 287 g/mol. The van der Waals surface area contributed by atoms with E-state index in [9.17, 15) is 9.59 Å². The van der Waals surface area contributed by atoms with E-state index >= 15 is 0 Å². The number of rotatable bonds is 2. The maximum Gasteiger partial charge on any atom is 0.371 e. The van der Waals surface area contributed by atoms with Crippen LogP contribution >= 0.6 is 11.8 Å². The number of carboxylic acid groups (broad SMARTS) is 1. The van der Waals surface area contributed by atoms with Gasteiger partial charge in [-0.15, -0.1) is 11.8 Å². The summed E-state index contributed by atoms with van der Waals surface area (Å²) in [6, 6.07) is 6.53. The molecule has 0 radical (unpaired) electrons. The van der Waals surface area contributed by atoms with Crippen molar-refractivity contribution in [3.63, 3.8) is 0 Å². The molecule has 0 spiro atoms. The second kappa shape index (κ2) is 4.64. The number of pyridine rings is 1. The minimum absolute atomic E-state index is 0.260. The highest BCUT2D eigenvalue weighted by molar-refractivity contribution is 7.98. The molecule has 0 aliphatic rings. The topological polar surface area (TPSA) is 80.4 Å². The van der Waals surface area contributed by atoms with Crippen molar-refractivity contribution in [2.45, 2.75) is 4.90 Å². The number of aromatic carboxylic acids is 1. The second-order valence-corrected chi connectivity index (χ2v) is 5.04. The first-order valence-corrected chi connectivity index (χ1v) is 6.96. The molecule has 1 aromatic carbocycles. The number of fused-ring (bicyclic) bond motifs is 3. The zero-order chi connectivity index (χ0) is 14.3. The fourth-order valence-corrected chi connectivity index (χ4v) is 2.44. The van der Waals surface area contributed by atoms with Crippen molar-refractivity contribution in [1.82, 2.24) is 4.98 Å². The predicted molar refractivity (Wildman–Crippen MR) is 76.5 cm³/mol. The van der Waals surface area contributed by atoms with E-state index in [1.807, 2.05) is 24.5 Å². The number of carboxylic acids is 1. The summed E-state index contributed by atoms with van der Waals surface area (Å²) in [7, 11) is 0. The van der Waals surface area contributed by atoms with Crippen LogP contribution in [0, 0.1) is 0 Å². The van der Waals surface area contributed by atoms with Gasteiger partial charge < -0.3 is 9.52 Å². The molecule has 5 nitrogen and oxygen atoms in total. The van der Waals surface area contributed by atoms with Crippen LogP contribution in [0.25, 0.3) is 21.9 Å². The Balaban J connectivity index is 2.50. The van der Waals surface area contributed by atoms with Gasteiger partial charge in [-0.05, 0) is 24.5 Å². The van der Waals surface area contributed by atoms with E-state index < -0.39 is 11.4 Å². The molecule has 0 saturated heterocycles. The number of benzene rings is 1. The number of aromatic nitrogens is 1. The van der Waals surface area contributed by atoms with Gasteiger partial charge in [0, 0.05) is 22.5 Å². The normalized spacial score (nSPS) is 11.1. The predicted octanol–water partition coefficient (Wildman–Crippen LogP) is 2.76. The van der Waals surface area contributed by atoms with Gasteiger partial charge in [0.15, 0.2) is 5.43 Å². The molecule has 3 aromatic rings. The third-order valence-electron chi connectivity index (χ3n) is 2.98. The average molecular weight is 287 g/mol. The van der Waals surface area contributed by atoms with Gasteiger partial charge in [-0.3, -0.25) is 9.78 Å². The van der Waals surface area contributed by atoms with Gasteiger partial charge in [0.1, 0.15) is 5.58 Å². The lowest BCUT2D eigenvalue weighted by molar-refractivity contribution is 0.0663. The first-order valence-electron chi connectivity index (χ1n) is 5.74. The van der Waals surface area contributed by atoms with Crippen molar-refractivity contribution in [3.05, 3.63) is 46.4 Å². The zero-order valence-corrected chi connectivity index (χ0v) is 11.2. The molecule has 0 aliphatic heterocycles. The summed E-state index contributed by atoms with van der Waals surface area (Å²) in [5.74, 6) is -1.64.